The molecule has 0 fully saturated rings. The van der Waals surface area contributed by atoms with Crippen LogP contribution in [-0.2, 0) is 6.54 Å². The van der Waals surface area contributed by atoms with Gasteiger partial charge in [0.1, 0.15) is 11.6 Å². The molecule has 0 aliphatic heterocycles. The van der Waals surface area contributed by atoms with E-state index in [1.807, 2.05) is 16.7 Å². The van der Waals surface area contributed by atoms with E-state index in [0.717, 1.165) is 5.52 Å². The Balaban J connectivity index is 2.17. The quantitative estimate of drug-likeness (QED) is 0.777. The number of hydrogen-bond donors (Lipinski definition) is 1. The van der Waals surface area contributed by atoms with Crippen molar-refractivity contribution in [1.29, 1.82) is 5.26 Å². The minimum absolute atomic E-state index is 0.448. The van der Waals surface area contributed by atoms with Crippen LogP contribution in [0.3, 0.4) is 0 Å². The lowest BCUT2D eigenvalue weighted by Crippen LogP contribution is -2.04. The molecule has 2 heterocycles. The zero-order valence-corrected chi connectivity index (χ0v) is 11.2. The third kappa shape index (κ3) is 1.86. The second kappa shape index (κ2) is 4.41. The molecule has 0 bridgehead atoms. The number of nitrogens with two attached hydrogens (primary N) is 1. The van der Waals surface area contributed by atoms with E-state index in [-0.39, 0.29) is 0 Å². The van der Waals surface area contributed by atoms with Crippen LogP contribution < -0.4 is 5.73 Å². The molecule has 19 heavy (non-hydrogen) atoms. The van der Waals surface area contributed by atoms with Gasteiger partial charge in [-0.3, -0.25) is 0 Å². The molecule has 0 spiro atoms. The molecule has 2 N–H and O–H groups in total. The molecule has 4 nitrogen and oxygen atoms in total. The van der Waals surface area contributed by atoms with Crippen molar-refractivity contribution < 1.29 is 0 Å². The first-order chi connectivity index (χ1) is 9.20. The number of para-hydroxylation sites is 1. The number of aryl methyl sites for hydroxylation is 1. The minimum Gasteiger partial charge on any atom is -0.369 e. The first kappa shape index (κ1) is 11.8. The number of aromatic nitrogens is 2. The Labute approximate surface area is 114 Å². The average molecular weight is 268 g/mol. The number of rotatable bonds is 2. The van der Waals surface area contributed by atoms with E-state index >= 15 is 0 Å². The van der Waals surface area contributed by atoms with Gasteiger partial charge in [0.2, 0.25) is 5.95 Å². The summed E-state index contributed by atoms with van der Waals surface area (Å²) in [5, 5.41) is 13.3. The van der Waals surface area contributed by atoms with E-state index in [1.165, 1.54) is 11.1 Å². The second-order valence-corrected chi connectivity index (χ2v) is 5.16. The van der Waals surface area contributed by atoms with E-state index in [4.69, 9.17) is 11.0 Å². The van der Waals surface area contributed by atoms with Crippen molar-refractivity contribution in [1.82, 2.24) is 9.55 Å². The summed E-state index contributed by atoms with van der Waals surface area (Å²) in [6.45, 7) is 2.77. The van der Waals surface area contributed by atoms with Crippen LogP contribution >= 0.6 is 11.3 Å². The molecule has 2 aromatic heterocycles. The predicted octanol–water partition coefficient (Wildman–Crippen LogP) is 2.91. The standard InChI is InChI=1S/C14H12N4S/c1-9-7-19-8-11(9)6-18-12-4-2-3-10(5-15)13(12)17-14(18)16/h2-4,7-8H,6H2,1H3,(H2,16,17). The molecule has 0 radical (unpaired) electrons. The molecule has 0 aliphatic carbocycles. The summed E-state index contributed by atoms with van der Waals surface area (Å²) in [4.78, 5) is 4.32. The summed E-state index contributed by atoms with van der Waals surface area (Å²) >= 11 is 1.68. The molecule has 0 aliphatic rings. The van der Waals surface area contributed by atoms with Crippen LogP contribution in [0, 0.1) is 18.3 Å². The number of fused-ring (bicyclic) bond motifs is 1. The van der Waals surface area contributed by atoms with E-state index in [2.05, 4.69) is 28.7 Å². The summed E-state index contributed by atoms with van der Waals surface area (Å²) in [5.74, 6) is 0.448. The first-order valence-corrected chi connectivity index (χ1v) is 6.81. The van der Waals surface area contributed by atoms with Crippen molar-refractivity contribution in [3.63, 3.8) is 0 Å². The van der Waals surface area contributed by atoms with Gasteiger partial charge in [-0.2, -0.15) is 16.6 Å². The lowest BCUT2D eigenvalue weighted by molar-refractivity contribution is 0.836. The lowest BCUT2D eigenvalue weighted by atomic mass is 10.2. The Morgan fingerprint density at radius 3 is 2.95 bits per heavy atom. The maximum absolute atomic E-state index is 9.10. The SMILES string of the molecule is Cc1cscc1Cn1c(N)nc2c(C#N)cccc21. The van der Waals surface area contributed by atoms with Crippen LogP contribution in [0.4, 0.5) is 5.95 Å². The van der Waals surface area contributed by atoms with Gasteiger partial charge in [0.25, 0.3) is 0 Å². The molecular weight excluding hydrogens is 256 g/mol. The fraction of sp³-hybridized carbons (Fsp3) is 0.143. The van der Waals surface area contributed by atoms with Crippen LogP contribution in [-0.4, -0.2) is 9.55 Å². The van der Waals surface area contributed by atoms with Crippen molar-refractivity contribution >= 4 is 28.3 Å². The second-order valence-electron chi connectivity index (χ2n) is 4.42. The predicted molar refractivity (Wildman–Crippen MR) is 77.0 cm³/mol. The topological polar surface area (TPSA) is 67.6 Å². The normalized spacial score (nSPS) is 10.7. The monoisotopic (exact) mass is 268 g/mol. The van der Waals surface area contributed by atoms with Crippen molar-refractivity contribution in [2.24, 2.45) is 0 Å². The Morgan fingerprint density at radius 1 is 1.42 bits per heavy atom. The maximum atomic E-state index is 9.10. The smallest absolute Gasteiger partial charge is 0.201 e. The van der Waals surface area contributed by atoms with Crippen molar-refractivity contribution in [2.75, 3.05) is 5.73 Å². The molecule has 0 amide bonds. The molecular formula is C14H12N4S. The molecule has 3 aromatic rings. The van der Waals surface area contributed by atoms with Crippen LogP contribution in [0.1, 0.15) is 16.7 Å². The summed E-state index contributed by atoms with van der Waals surface area (Å²) < 4.78 is 1.95. The number of hydrogen-bond acceptors (Lipinski definition) is 4. The molecule has 0 unspecified atom stereocenters. The number of nitrogens with zero attached hydrogens (tertiary/aromatic N) is 3. The zero-order chi connectivity index (χ0) is 13.4. The van der Waals surface area contributed by atoms with E-state index in [1.54, 1.807) is 17.4 Å². The van der Waals surface area contributed by atoms with Gasteiger partial charge in [0.15, 0.2) is 0 Å². The molecule has 0 atom stereocenters. The molecule has 0 saturated heterocycles. The highest BCUT2D eigenvalue weighted by Gasteiger charge is 2.12. The Morgan fingerprint density at radius 2 is 2.26 bits per heavy atom. The van der Waals surface area contributed by atoms with Crippen LogP contribution in [0.5, 0.6) is 0 Å². The third-order valence-corrected chi connectivity index (χ3v) is 4.13. The maximum Gasteiger partial charge on any atom is 0.201 e. The Bertz CT molecular complexity index is 791. The third-order valence-electron chi connectivity index (χ3n) is 3.22. The zero-order valence-electron chi connectivity index (χ0n) is 10.4. The number of nitrogen functional groups attached to an aromatic ring is 1. The molecule has 0 saturated carbocycles. The molecule has 3 rings (SSSR count). The highest BCUT2D eigenvalue weighted by atomic mass is 32.1. The van der Waals surface area contributed by atoms with Crippen molar-refractivity contribution in [3.8, 4) is 6.07 Å². The summed E-state index contributed by atoms with van der Waals surface area (Å²) in [7, 11) is 0. The van der Waals surface area contributed by atoms with E-state index in [0.29, 0.717) is 23.6 Å². The lowest BCUT2D eigenvalue weighted by Gasteiger charge is -2.06. The fourth-order valence-corrected chi connectivity index (χ4v) is 2.99. The molecule has 5 heteroatoms. The first-order valence-electron chi connectivity index (χ1n) is 5.87. The Kier molecular flexibility index (Phi) is 2.73. The van der Waals surface area contributed by atoms with Gasteiger partial charge in [-0.25, -0.2) is 4.98 Å². The number of benzene rings is 1. The number of thiophene rings is 1. The minimum atomic E-state index is 0.448. The van der Waals surface area contributed by atoms with Gasteiger partial charge >= 0.3 is 0 Å². The van der Waals surface area contributed by atoms with Crippen molar-refractivity contribution in [3.05, 3.63) is 45.6 Å². The highest BCUT2D eigenvalue weighted by molar-refractivity contribution is 7.08. The molecule has 94 valence electrons. The Hall–Kier alpha value is -2.32. The largest absolute Gasteiger partial charge is 0.369 e. The van der Waals surface area contributed by atoms with Crippen LogP contribution in [0.15, 0.2) is 29.0 Å². The number of imidazole rings is 1. The summed E-state index contributed by atoms with van der Waals surface area (Å²) in [6, 6.07) is 7.72. The van der Waals surface area contributed by atoms with Gasteiger partial charge in [-0.15, -0.1) is 0 Å². The van der Waals surface area contributed by atoms with Gasteiger partial charge in [-0.1, -0.05) is 6.07 Å². The average Bonchev–Trinajstić information content (AvgIpc) is 2.95. The van der Waals surface area contributed by atoms with Gasteiger partial charge in [-0.05, 0) is 40.9 Å². The van der Waals surface area contributed by atoms with Gasteiger partial charge < -0.3 is 10.3 Å². The highest BCUT2D eigenvalue weighted by Crippen LogP contribution is 2.24. The van der Waals surface area contributed by atoms with Crippen LogP contribution in [0.25, 0.3) is 11.0 Å². The molecule has 1 aromatic carbocycles. The van der Waals surface area contributed by atoms with Crippen LogP contribution in [0.2, 0.25) is 0 Å². The van der Waals surface area contributed by atoms with Crippen molar-refractivity contribution in [2.45, 2.75) is 13.5 Å². The number of nitriles is 1. The van der Waals surface area contributed by atoms with Gasteiger partial charge in [0.05, 0.1) is 17.6 Å². The van der Waals surface area contributed by atoms with E-state index in [9.17, 15) is 0 Å². The van der Waals surface area contributed by atoms with Gasteiger partial charge in [0, 0.05) is 0 Å². The fourth-order valence-electron chi connectivity index (χ4n) is 2.14. The summed E-state index contributed by atoms with van der Waals surface area (Å²) in [6.07, 6.45) is 0. The van der Waals surface area contributed by atoms with E-state index < -0.39 is 0 Å². The summed E-state index contributed by atoms with van der Waals surface area (Å²) in [5.41, 5.74) is 10.6. The number of anilines is 1.